The summed E-state index contributed by atoms with van der Waals surface area (Å²) >= 11 is 1.49. The van der Waals surface area contributed by atoms with E-state index in [9.17, 15) is 4.79 Å². The largest absolute Gasteiger partial charge is 0.360 e. The van der Waals surface area contributed by atoms with Crippen LogP contribution in [0.25, 0.3) is 0 Å². The second-order valence-corrected chi connectivity index (χ2v) is 6.44. The maximum atomic E-state index is 12.6. The number of hydrogen-bond donors (Lipinski definition) is 0. The van der Waals surface area contributed by atoms with Gasteiger partial charge in [0, 0.05) is 32.1 Å². The minimum atomic E-state index is 0.103. The molecule has 0 spiro atoms. The SMILES string of the molecule is CCN(C)c1nc(C)nc2c1CN(C(=O)c1cccs1)CC2. The molecule has 1 amide bonds. The molecule has 2 aromatic heterocycles. The van der Waals surface area contributed by atoms with Crippen LogP contribution in [0, 0.1) is 6.92 Å². The standard InChI is InChI=1S/C16H20N4OS/c1-4-19(3)15-12-10-20(16(21)14-6-5-9-22-14)8-7-13(12)17-11(2)18-15/h5-6,9H,4,7-8,10H2,1-3H3. The van der Waals surface area contributed by atoms with Gasteiger partial charge in [0.1, 0.15) is 11.6 Å². The molecule has 116 valence electrons. The fraction of sp³-hybridized carbons (Fsp3) is 0.438. The Morgan fingerprint density at radius 2 is 2.27 bits per heavy atom. The molecule has 0 saturated carbocycles. The van der Waals surface area contributed by atoms with Gasteiger partial charge in [-0.3, -0.25) is 4.79 Å². The summed E-state index contributed by atoms with van der Waals surface area (Å²) in [6, 6.07) is 3.80. The average Bonchev–Trinajstić information content (AvgIpc) is 3.06. The lowest BCUT2D eigenvalue weighted by atomic mass is 10.1. The molecule has 0 atom stereocenters. The number of fused-ring (bicyclic) bond motifs is 1. The summed E-state index contributed by atoms with van der Waals surface area (Å²) < 4.78 is 0. The van der Waals surface area contributed by atoms with E-state index in [1.54, 1.807) is 0 Å². The Morgan fingerprint density at radius 3 is 2.95 bits per heavy atom. The number of hydrogen-bond acceptors (Lipinski definition) is 5. The van der Waals surface area contributed by atoms with Gasteiger partial charge in [-0.25, -0.2) is 9.97 Å². The molecule has 2 aromatic rings. The van der Waals surface area contributed by atoms with Crippen molar-refractivity contribution in [2.24, 2.45) is 0 Å². The van der Waals surface area contributed by atoms with Gasteiger partial charge in [0.2, 0.25) is 0 Å². The van der Waals surface area contributed by atoms with Gasteiger partial charge in [-0.2, -0.15) is 0 Å². The van der Waals surface area contributed by atoms with Crippen molar-refractivity contribution in [3.8, 4) is 0 Å². The molecule has 0 saturated heterocycles. The highest BCUT2D eigenvalue weighted by atomic mass is 32.1. The minimum absolute atomic E-state index is 0.103. The summed E-state index contributed by atoms with van der Waals surface area (Å²) in [4.78, 5) is 26.6. The highest BCUT2D eigenvalue weighted by Gasteiger charge is 2.27. The fourth-order valence-corrected chi connectivity index (χ4v) is 3.40. The van der Waals surface area contributed by atoms with Crippen molar-refractivity contribution < 1.29 is 4.79 Å². The van der Waals surface area contributed by atoms with Crippen molar-refractivity contribution in [1.29, 1.82) is 0 Å². The summed E-state index contributed by atoms with van der Waals surface area (Å²) in [6.07, 6.45) is 0.792. The zero-order valence-corrected chi connectivity index (χ0v) is 14.0. The van der Waals surface area contributed by atoms with Gasteiger partial charge < -0.3 is 9.80 Å². The van der Waals surface area contributed by atoms with Crippen molar-refractivity contribution in [2.45, 2.75) is 26.8 Å². The fourth-order valence-electron chi connectivity index (χ4n) is 2.71. The van der Waals surface area contributed by atoms with Gasteiger partial charge >= 0.3 is 0 Å². The predicted molar refractivity (Wildman–Crippen MR) is 88.5 cm³/mol. The van der Waals surface area contributed by atoms with E-state index >= 15 is 0 Å². The molecule has 0 fully saturated rings. The second kappa shape index (κ2) is 6.04. The third kappa shape index (κ3) is 2.70. The summed E-state index contributed by atoms with van der Waals surface area (Å²) in [6.45, 7) is 6.21. The van der Waals surface area contributed by atoms with Crippen molar-refractivity contribution in [1.82, 2.24) is 14.9 Å². The average molecular weight is 316 g/mol. The lowest BCUT2D eigenvalue weighted by molar-refractivity contribution is 0.0738. The van der Waals surface area contributed by atoms with E-state index < -0.39 is 0 Å². The molecule has 5 nitrogen and oxygen atoms in total. The van der Waals surface area contributed by atoms with Crippen LogP contribution in [-0.4, -0.2) is 40.9 Å². The van der Waals surface area contributed by atoms with Crippen LogP contribution < -0.4 is 4.90 Å². The van der Waals surface area contributed by atoms with Crippen molar-refractivity contribution in [2.75, 3.05) is 25.0 Å². The van der Waals surface area contributed by atoms with Crippen molar-refractivity contribution >= 4 is 23.1 Å². The van der Waals surface area contributed by atoms with Crippen LogP contribution in [-0.2, 0) is 13.0 Å². The lowest BCUT2D eigenvalue weighted by Gasteiger charge is -2.31. The number of carbonyl (C=O) groups excluding carboxylic acids is 1. The number of amides is 1. The minimum Gasteiger partial charge on any atom is -0.360 e. The third-order valence-corrected chi connectivity index (χ3v) is 4.86. The Hall–Kier alpha value is -1.95. The summed E-state index contributed by atoms with van der Waals surface area (Å²) in [5.74, 6) is 1.85. The summed E-state index contributed by atoms with van der Waals surface area (Å²) in [5.41, 5.74) is 2.17. The van der Waals surface area contributed by atoms with Crippen LogP contribution in [0.15, 0.2) is 17.5 Å². The van der Waals surface area contributed by atoms with E-state index in [1.807, 2.05) is 36.4 Å². The van der Waals surface area contributed by atoms with E-state index in [4.69, 9.17) is 0 Å². The molecular formula is C16H20N4OS. The number of rotatable bonds is 3. The number of nitrogens with zero attached hydrogens (tertiary/aromatic N) is 4. The predicted octanol–water partition coefficient (Wildman–Crippen LogP) is 2.50. The molecule has 3 rings (SSSR count). The van der Waals surface area contributed by atoms with Gasteiger partial charge in [0.15, 0.2) is 0 Å². The Morgan fingerprint density at radius 1 is 1.45 bits per heavy atom. The third-order valence-electron chi connectivity index (χ3n) is 4.01. The Balaban J connectivity index is 1.93. The number of carbonyl (C=O) groups is 1. The lowest BCUT2D eigenvalue weighted by Crippen LogP contribution is -2.37. The molecule has 0 N–H and O–H groups in total. The van der Waals surface area contributed by atoms with E-state index in [0.717, 1.165) is 47.3 Å². The highest BCUT2D eigenvalue weighted by molar-refractivity contribution is 7.12. The molecule has 3 heterocycles. The molecule has 22 heavy (non-hydrogen) atoms. The molecule has 1 aliphatic heterocycles. The molecule has 1 aliphatic rings. The first-order valence-electron chi connectivity index (χ1n) is 7.50. The first kappa shape index (κ1) is 15.0. The van der Waals surface area contributed by atoms with E-state index in [-0.39, 0.29) is 5.91 Å². The normalized spacial score (nSPS) is 13.9. The van der Waals surface area contributed by atoms with E-state index in [2.05, 4.69) is 21.8 Å². The zero-order chi connectivity index (χ0) is 15.7. The van der Waals surface area contributed by atoms with Gasteiger partial charge in [-0.15, -0.1) is 11.3 Å². The summed E-state index contributed by atoms with van der Waals surface area (Å²) in [5, 5.41) is 1.94. The van der Waals surface area contributed by atoms with Gasteiger partial charge in [0.25, 0.3) is 5.91 Å². The van der Waals surface area contributed by atoms with E-state index in [0.29, 0.717) is 6.54 Å². The number of thiophene rings is 1. The molecule has 0 aliphatic carbocycles. The number of aryl methyl sites for hydroxylation is 1. The van der Waals surface area contributed by atoms with Crippen LogP contribution in [0.3, 0.4) is 0 Å². The quantitative estimate of drug-likeness (QED) is 0.873. The maximum absolute atomic E-state index is 12.6. The van der Waals surface area contributed by atoms with Gasteiger partial charge in [-0.1, -0.05) is 6.07 Å². The van der Waals surface area contributed by atoms with Gasteiger partial charge in [0.05, 0.1) is 17.1 Å². The van der Waals surface area contributed by atoms with Crippen LogP contribution in [0.2, 0.25) is 0 Å². The van der Waals surface area contributed by atoms with Crippen LogP contribution in [0.1, 0.15) is 33.7 Å². The Labute approximate surface area is 134 Å². The van der Waals surface area contributed by atoms with Crippen LogP contribution >= 0.6 is 11.3 Å². The topological polar surface area (TPSA) is 49.3 Å². The number of aromatic nitrogens is 2. The molecule has 6 heteroatoms. The zero-order valence-electron chi connectivity index (χ0n) is 13.2. The molecular weight excluding hydrogens is 296 g/mol. The Kier molecular flexibility index (Phi) is 4.11. The first-order valence-corrected chi connectivity index (χ1v) is 8.38. The molecule has 0 unspecified atom stereocenters. The van der Waals surface area contributed by atoms with Crippen LogP contribution in [0.4, 0.5) is 5.82 Å². The smallest absolute Gasteiger partial charge is 0.264 e. The monoisotopic (exact) mass is 316 g/mol. The van der Waals surface area contributed by atoms with Crippen LogP contribution in [0.5, 0.6) is 0 Å². The second-order valence-electron chi connectivity index (χ2n) is 5.49. The van der Waals surface area contributed by atoms with Gasteiger partial charge in [-0.05, 0) is 25.3 Å². The Bertz CT molecular complexity index is 684. The van der Waals surface area contributed by atoms with Crippen molar-refractivity contribution in [3.63, 3.8) is 0 Å². The highest BCUT2D eigenvalue weighted by Crippen LogP contribution is 2.27. The maximum Gasteiger partial charge on any atom is 0.264 e. The van der Waals surface area contributed by atoms with E-state index in [1.165, 1.54) is 11.3 Å². The molecule has 0 bridgehead atoms. The molecule has 0 aromatic carbocycles. The number of anilines is 1. The summed E-state index contributed by atoms with van der Waals surface area (Å²) in [7, 11) is 2.03. The first-order chi connectivity index (χ1) is 10.6. The van der Waals surface area contributed by atoms with Crippen molar-refractivity contribution in [3.05, 3.63) is 39.5 Å². The molecule has 0 radical (unpaired) electrons.